The predicted octanol–water partition coefficient (Wildman–Crippen LogP) is 3.64. The molecule has 1 N–H and O–H groups in total. The number of hydrogen-bond donors (Lipinski definition) is 1. The van der Waals surface area contributed by atoms with Crippen LogP contribution >= 0.6 is 0 Å². The van der Waals surface area contributed by atoms with Gasteiger partial charge in [0, 0.05) is 36.7 Å². The standard InChI is InChI=1S/C26H26N4O3/c1-15(2)16-4-6-17(7-5-16)24-21(13-27-29(24)3)18-8-9-20-19(12-18)14-30(26(20)33)22-10-11-23(31)28-25(22)32/h4-9,12-13,15,22H,10-11,14H2,1-3H3,(H,28,31,32). The number of aryl methyl sites for hydroxylation is 1. The summed E-state index contributed by atoms with van der Waals surface area (Å²) in [5.41, 5.74) is 6.83. The van der Waals surface area contributed by atoms with Crippen molar-refractivity contribution in [1.82, 2.24) is 20.0 Å². The minimum absolute atomic E-state index is 0.165. The molecule has 1 atom stereocenters. The number of amides is 3. The van der Waals surface area contributed by atoms with E-state index in [4.69, 9.17) is 0 Å². The summed E-state index contributed by atoms with van der Waals surface area (Å²) >= 11 is 0. The van der Waals surface area contributed by atoms with Gasteiger partial charge >= 0.3 is 0 Å². The van der Waals surface area contributed by atoms with E-state index < -0.39 is 11.9 Å². The van der Waals surface area contributed by atoms with Crippen molar-refractivity contribution < 1.29 is 14.4 Å². The number of fused-ring (bicyclic) bond motifs is 1. The molecule has 0 bridgehead atoms. The van der Waals surface area contributed by atoms with Crippen LogP contribution in [0.5, 0.6) is 0 Å². The molecule has 7 heteroatoms. The molecule has 2 aromatic carbocycles. The molecule has 168 valence electrons. The van der Waals surface area contributed by atoms with E-state index in [0.29, 0.717) is 24.4 Å². The van der Waals surface area contributed by atoms with Crippen molar-refractivity contribution in [3.63, 3.8) is 0 Å². The van der Waals surface area contributed by atoms with Crippen LogP contribution in [0, 0.1) is 0 Å². The Morgan fingerprint density at radius 2 is 1.73 bits per heavy atom. The van der Waals surface area contributed by atoms with Crippen molar-refractivity contribution in [1.29, 1.82) is 0 Å². The molecule has 0 spiro atoms. The summed E-state index contributed by atoms with van der Waals surface area (Å²) in [5.74, 6) is -0.381. The first-order valence-corrected chi connectivity index (χ1v) is 11.2. The maximum Gasteiger partial charge on any atom is 0.255 e. The van der Waals surface area contributed by atoms with Crippen LogP contribution < -0.4 is 5.32 Å². The molecule has 0 saturated carbocycles. The SMILES string of the molecule is CC(C)c1ccc(-c2c(-c3ccc4c(c3)CN(C3CCC(=O)NC3=O)C4=O)cnn2C)cc1. The summed E-state index contributed by atoms with van der Waals surface area (Å²) in [6.45, 7) is 4.70. The Morgan fingerprint density at radius 1 is 1.00 bits per heavy atom. The van der Waals surface area contributed by atoms with Gasteiger partial charge in [-0.1, -0.05) is 44.2 Å². The van der Waals surface area contributed by atoms with Gasteiger partial charge in [-0.25, -0.2) is 0 Å². The molecule has 3 amide bonds. The Bertz CT molecular complexity index is 1270. The van der Waals surface area contributed by atoms with Crippen LogP contribution in [0.15, 0.2) is 48.7 Å². The van der Waals surface area contributed by atoms with Gasteiger partial charge in [-0.3, -0.25) is 24.4 Å². The van der Waals surface area contributed by atoms with Crippen LogP contribution in [0.1, 0.15) is 54.1 Å². The van der Waals surface area contributed by atoms with Crippen molar-refractivity contribution in [3.8, 4) is 22.4 Å². The third-order valence-electron chi connectivity index (χ3n) is 6.62. The van der Waals surface area contributed by atoms with E-state index in [9.17, 15) is 14.4 Å². The fourth-order valence-corrected chi connectivity index (χ4v) is 4.76. The summed E-state index contributed by atoms with van der Waals surface area (Å²) in [7, 11) is 1.93. The highest BCUT2D eigenvalue weighted by atomic mass is 16.2. The number of carbonyl (C=O) groups is 3. The topological polar surface area (TPSA) is 84.3 Å². The first-order chi connectivity index (χ1) is 15.8. The lowest BCUT2D eigenvalue weighted by molar-refractivity contribution is -0.136. The molecule has 1 fully saturated rings. The summed E-state index contributed by atoms with van der Waals surface area (Å²) in [6, 6.07) is 13.7. The number of carbonyl (C=O) groups excluding carboxylic acids is 3. The molecule has 3 heterocycles. The number of piperidine rings is 1. The highest BCUT2D eigenvalue weighted by Gasteiger charge is 2.39. The second kappa shape index (κ2) is 7.99. The van der Waals surface area contributed by atoms with Gasteiger partial charge in [0.05, 0.1) is 11.9 Å². The Kier molecular flexibility index (Phi) is 5.12. The summed E-state index contributed by atoms with van der Waals surface area (Å²) in [5, 5.41) is 6.84. The van der Waals surface area contributed by atoms with Crippen LogP contribution in [0.3, 0.4) is 0 Å². The zero-order chi connectivity index (χ0) is 23.3. The van der Waals surface area contributed by atoms with E-state index in [2.05, 4.69) is 48.5 Å². The Hall–Kier alpha value is -3.74. The molecule has 7 nitrogen and oxygen atoms in total. The lowest BCUT2D eigenvalue weighted by Crippen LogP contribution is -2.52. The summed E-state index contributed by atoms with van der Waals surface area (Å²) < 4.78 is 1.87. The molecular formula is C26H26N4O3. The lowest BCUT2D eigenvalue weighted by atomic mass is 9.96. The van der Waals surface area contributed by atoms with E-state index in [1.165, 1.54) is 5.56 Å². The molecule has 3 aromatic rings. The highest BCUT2D eigenvalue weighted by molar-refractivity contribution is 6.05. The van der Waals surface area contributed by atoms with Gasteiger partial charge in [0.15, 0.2) is 0 Å². The molecule has 1 aromatic heterocycles. The van der Waals surface area contributed by atoms with Gasteiger partial charge in [-0.2, -0.15) is 5.10 Å². The van der Waals surface area contributed by atoms with E-state index in [0.717, 1.165) is 27.9 Å². The zero-order valence-corrected chi connectivity index (χ0v) is 19.0. The first kappa shape index (κ1) is 21.1. The van der Waals surface area contributed by atoms with Crippen molar-refractivity contribution >= 4 is 17.7 Å². The molecule has 33 heavy (non-hydrogen) atoms. The molecule has 1 unspecified atom stereocenters. The number of rotatable bonds is 4. The number of aromatic nitrogens is 2. The van der Waals surface area contributed by atoms with Crippen LogP contribution in [0.4, 0.5) is 0 Å². The fraction of sp³-hybridized carbons (Fsp3) is 0.308. The van der Waals surface area contributed by atoms with Gasteiger partial charge in [0.1, 0.15) is 6.04 Å². The second-order valence-corrected chi connectivity index (χ2v) is 9.08. The number of hydrogen-bond acceptors (Lipinski definition) is 4. The maximum absolute atomic E-state index is 13.0. The second-order valence-electron chi connectivity index (χ2n) is 9.08. The van der Waals surface area contributed by atoms with Crippen molar-refractivity contribution in [2.75, 3.05) is 0 Å². The largest absolute Gasteiger partial charge is 0.322 e. The Morgan fingerprint density at radius 3 is 2.42 bits per heavy atom. The molecule has 0 aliphatic carbocycles. The maximum atomic E-state index is 13.0. The minimum Gasteiger partial charge on any atom is -0.322 e. The summed E-state index contributed by atoms with van der Waals surface area (Å²) in [6.07, 6.45) is 2.45. The van der Waals surface area contributed by atoms with Crippen LogP contribution in [0.25, 0.3) is 22.4 Å². The van der Waals surface area contributed by atoms with Gasteiger partial charge in [-0.15, -0.1) is 0 Å². The van der Waals surface area contributed by atoms with Crippen molar-refractivity contribution in [2.45, 2.75) is 45.2 Å². The molecule has 5 rings (SSSR count). The lowest BCUT2D eigenvalue weighted by Gasteiger charge is -2.29. The predicted molar refractivity (Wildman–Crippen MR) is 124 cm³/mol. The number of benzene rings is 2. The van der Waals surface area contributed by atoms with Crippen molar-refractivity contribution in [3.05, 3.63) is 65.4 Å². The van der Waals surface area contributed by atoms with Gasteiger partial charge < -0.3 is 4.90 Å². The van der Waals surface area contributed by atoms with E-state index in [1.54, 1.807) is 4.90 Å². The third kappa shape index (κ3) is 3.63. The fourth-order valence-electron chi connectivity index (χ4n) is 4.76. The smallest absolute Gasteiger partial charge is 0.255 e. The highest BCUT2D eigenvalue weighted by Crippen LogP contribution is 2.36. The molecule has 1 saturated heterocycles. The third-order valence-corrected chi connectivity index (χ3v) is 6.62. The van der Waals surface area contributed by atoms with E-state index in [-0.39, 0.29) is 18.2 Å². The average Bonchev–Trinajstić information content (AvgIpc) is 3.33. The van der Waals surface area contributed by atoms with Gasteiger partial charge in [0.25, 0.3) is 5.91 Å². The zero-order valence-electron chi connectivity index (χ0n) is 19.0. The van der Waals surface area contributed by atoms with Gasteiger partial charge in [-0.05, 0) is 41.2 Å². The summed E-state index contributed by atoms with van der Waals surface area (Å²) in [4.78, 5) is 38.4. The van der Waals surface area contributed by atoms with Crippen LogP contribution in [-0.2, 0) is 23.2 Å². The van der Waals surface area contributed by atoms with E-state index >= 15 is 0 Å². The number of nitrogens with one attached hydrogen (secondary N) is 1. The van der Waals surface area contributed by atoms with Gasteiger partial charge in [0.2, 0.25) is 11.8 Å². The first-order valence-electron chi connectivity index (χ1n) is 11.2. The molecular weight excluding hydrogens is 416 g/mol. The average molecular weight is 443 g/mol. The van der Waals surface area contributed by atoms with Crippen molar-refractivity contribution in [2.24, 2.45) is 7.05 Å². The number of imide groups is 1. The molecule has 2 aliphatic heterocycles. The molecule has 0 radical (unpaired) electrons. The van der Waals surface area contributed by atoms with E-state index in [1.807, 2.05) is 36.1 Å². The Labute approximate surface area is 192 Å². The van der Waals surface area contributed by atoms with Crippen LogP contribution in [0.2, 0.25) is 0 Å². The Balaban J connectivity index is 1.47. The quantitative estimate of drug-likeness (QED) is 0.626. The number of nitrogens with zero attached hydrogens (tertiary/aromatic N) is 3. The monoisotopic (exact) mass is 442 g/mol. The normalized spacial score (nSPS) is 18.1. The van der Waals surface area contributed by atoms with Crippen LogP contribution in [-0.4, -0.2) is 38.4 Å². The molecule has 2 aliphatic rings. The minimum atomic E-state index is -0.612.